The summed E-state index contributed by atoms with van der Waals surface area (Å²) in [6, 6.07) is 7.10. The van der Waals surface area contributed by atoms with E-state index >= 15 is 0 Å². The van der Waals surface area contributed by atoms with E-state index in [1.54, 1.807) is 49.1 Å². The largest absolute Gasteiger partial charge is 2.00 e. The van der Waals surface area contributed by atoms with Gasteiger partial charge in [0, 0.05) is 46.7 Å². The quantitative estimate of drug-likeness (QED) is 0.192. The summed E-state index contributed by atoms with van der Waals surface area (Å²) in [5.74, 6) is -2.50. The predicted octanol–water partition coefficient (Wildman–Crippen LogP) is -2.55. The number of carboxylic acids is 2. The Balaban J connectivity index is -0.000000474. The summed E-state index contributed by atoms with van der Waals surface area (Å²) in [4.78, 5) is 36.5. The summed E-state index contributed by atoms with van der Waals surface area (Å²) in [5, 5.41) is 25.2. The van der Waals surface area contributed by atoms with Crippen LogP contribution in [0.3, 0.4) is 0 Å². The average molecular weight is 552 g/mol. The van der Waals surface area contributed by atoms with E-state index in [1.807, 2.05) is 0 Å². The number of nitrogens with zero attached hydrogens (tertiary/aromatic N) is 4. The van der Waals surface area contributed by atoms with Crippen molar-refractivity contribution in [3.63, 3.8) is 0 Å². The first kappa shape index (κ1) is 34.6. The van der Waals surface area contributed by atoms with Crippen LogP contribution in [0.2, 0.25) is 0 Å². The van der Waals surface area contributed by atoms with Gasteiger partial charge < -0.3 is 41.7 Å². The third-order valence-electron chi connectivity index (χ3n) is 3.28. The van der Waals surface area contributed by atoms with Crippen LogP contribution in [0.1, 0.15) is 21.0 Å². The minimum Gasteiger partial charge on any atom is -0.543 e. The van der Waals surface area contributed by atoms with Crippen molar-refractivity contribution in [1.82, 2.24) is 19.9 Å². The molecule has 0 amide bonds. The van der Waals surface area contributed by atoms with Crippen LogP contribution in [0.25, 0.3) is 21.1 Å². The molecule has 0 aliphatic heterocycles. The molecule has 0 bridgehead atoms. The van der Waals surface area contributed by atoms with E-state index in [0.717, 1.165) is 11.1 Å². The number of pyridine rings is 2. The fraction of sp³-hybridized carbons (Fsp3) is 0. The molecule has 172 valence electrons. The second-order valence-corrected chi connectivity index (χ2v) is 6.84. The summed E-state index contributed by atoms with van der Waals surface area (Å²) in [7, 11) is 0. The molecule has 0 saturated heterocycles. The van der Waals surface area contributed by atoms with Gasteiger partial charge in [0.2, 0.25) is 0 Å². The average Bonchev–Trinajstić information content (AvgIpc) is 3.40. The van der Waals surface area contributed by atoms with E-state index in [4.69, 9.17) is 0 Å². The Bertz CT molecular complexity index is 1010. The van der Waals surface area contributed by atoms with Crippen molar-refractivity contribution >= 4 is 34.6 Å². The number of aromatic nitrogens is 4. The zero-order chi connectivity index (χ0) is 19.9. The van der Waals surface area contributed by atoms with E-state index in [1.165, 1.54) is 33.4 Å². The van der Waals surface area contributed by atoms with Crippen LogP contribution in [0.4, 0.5) is 0 Å². The van der Waals surface area contributed by atoms with Crippen molar-refractivity contribution in [2.45, 2.75) is 0 Å². The van der Waals surface area contributed by atoms with Crippen LogP contribution in [0, 0.1) is 0 Å². The van der Waals surface area contributed by atoms with Crippen molar-refractivity contribution < 1.29 is 61.2 Å². The Hall–Kier alpha value is -3.04. The predicted molar refractivity (Wildman–Crippen MR) is 119 cm³/mol. The molecule has 0 unspecified atom stereocenters. The number of hydrogen-bond donors (Lipinski definition) is 0. The fourth-order valence-corrected chi connectivity index (χ4v) is 3.58. The van der Waals surface area contributed by atoms with Crippen LogP contribution >= 0.6 is 22.7 Å². The van der Waals surface area contributed by atoms with E-state index < -0.39 is 11.9 Å². The van der Waals surface area contributed by atoms with Gasteiger partial charge in [-0.3, -0.25) is 9.97 Å². The normalized spacial score (nSPS) is 8.48. The van der Waals surface area contributed by atoms with Crippen molar-refractivity contribution in [3.05, 3.63) is 71.2 Å². The van der Waals surface area contributed by atoms with Gasteiger partial charge in [0.15, 0.2) is 0 Å². The molecule has 0 atom stereocenters. The first-order valence-corrected chi connectivity index (χ1v) is 9.45. The third-order valence-corrected chi connectivity index (χ3v) is 5.06. The van der Waals surface area contributed by atoms with Gasteiger partial charge in [-0.15, -0.1) is 22.7 Å². The Morgan fingerprint density at radius 3 is 1.18 bits per heavy atom. The molecular formula is C18H22N4O8S2Zn+4. The molecule has 0 aromatic carbocycles. The SMILES string of the molecule is O=C([O-])c1csc(-c2ccncc2)n1.O=C([O-])c1csc(-c2ccncc2)n1.[OH3+].[OH3+].[OH3+].[OH3+].[Zn+2]. The number of rotatable bonds is 4. The van der Waals surface area contributed by atoms with Crippen LogP contribution in [-0.4, -0.2) is 31.9 Å². The maximum Gasteiger partial charge on any atom is 2.00 e. The monoisotopic (exact) mass is 550 g/mol. The van der Waals surface area contributed by atoms with Crippen LogP contribution in [-0.2, 0) is 41.4 Å². The molecule has 33 heavy (non-hydrogen) atoms. The molecule has 15 heteroatoms. The van der Waals surface area contributed by atoms with Gasteiger partial charge in [0.1, 0.15) is 10.0 Å². The summed E-state index contributed by atoms with van der Waals surface area (Å²) in [6.07, 6.45) is 6.54. The number of carbonyl (C=O) groups excluding carboxylic acids is 2. The number of aromatic carboxylic acids is 2. The van der Waals surface area contributed by atoms with E-state index in [9.17, 15) is 19.8 Å². The number of carboxylic acid groups (broad SMARTS) is 2. The second kappa shape index (κ2) is 16.6. The molecule has 4 aromatic rings. The van der Waals surface area contributed by atoms with Gasteiger partial charge in [-0.1, -0.05) is 0 Å². The molecule has 0 aliphatic rings. The molecule has 12 nitrogen and oxygen atoms in total. The Morgan fingerprint density at radius 2 is 0.939 bits per heavy atom. The summed E-state index contributed by atoms with van der Waals surface area (Å²) >= 11 is 2.54. The summed E-state index contributed by atoms with van der Waals surface area (Å²) < 4.78 is 0. The Labute approximate surface area is 207 Å². The van der Waals surface area contributed by atoms with Gasteiger partial charge in [-0.25, -0.2) is 9.97 Å². The number of hydrogen-bond acceptors (Lipinski definition) is 10. The van der Waals surface area contributed by atoms with Gasteiger partial charge >= 0.3 is 19.5 Å². The summed E-state index contributed by atoms with van der Waals surface area (Å²) in [6.45, 7) is 0. The molecule has 4 heterocycles. The summed E-state index contributed by atoms with van der Waals surface area (Å²) in [5.41, 5.74) is 1.67. The standard InChI is InChI=1S/2C9H6N2O2S.4H2O.Zn/c2*12-9(13)7-5-14-8(11-7)6-1-3-10-4-2-6;;;;;/h2*1-5H,(H,12,13);4*1H2;/q;;;;;;+2/p+2. The van der Waals surface area contributed by atoms with E-state index in [-0.39, 0.29) is 52.8 Å². The molecule has 0 fully saturated rings. The van der Waals surface area contributed by atoms with Crippen molar-refractivity contribution in [2.24, 2.45) is 0 Å². The third kappa shape index (κ3) is 9.55. The Morgan fingerprint density at radius 1 is 0.636 bits per heavy atom. The first-order valence-electron chi connectivity index (χ1n) is 7.69. The zero-order valence-corrected chi connectivity index (χ0v) is 21.6. The zero-order valence-electron chi connectivity index (χ0n) is 17.0. The van der Waals surface area contributed by atoms with E-state index in [2.05, 4.69) is 19.9 Å². The minimum atomic E-state index is -1.25. The van der Waals surface area contributed by atoms with Gasteiger partial charge in [-0.2, -0.15) is 0 Å². The van der Waals surface area contributed by atoms with Crippen LogP contribution in [0.15, 0.2) is 59.8 Å². The second-order valence-electron chi connectivity index (χ2n) is 5.12. The van der Waals surface area contributed by atoms with Crippen molar-refractivity contribution in [2.75, 3.05) is 0 Å². The molecule has 0 aliphatic carbocycles. The smallest absolute Gasteiger partial charge is 0.543 e. The van der Waals surface area contributed by atoms with E-state index in [0.29, 0.717) is 10.0 Å². The molecule has 0 spiro atoms. The Kier molecular flexibility index (Phi) is 17.4. The topological polar surface area (TPSA) is 264 Å². The van der Waals surface area contributed by atoms with Gasteiger partial charge in [0.25, 0.3) is 0 Å². The maximum atomic E-state index is 10.5. The fourth-order valence-electron chi connectivity index (χ4n) is 1.99. The molecule has 4 aromatic heterocycles. The molecule has 0 saturated carbocycles. The molecular weight excluding hydrogens is 530 g/mol. The van der Waals surface area contributed by atoms with Gasteiger partial charge in [-0.05, 0) is 24.3 Å². The minimum absolute atomic E-state index is 0. The van der Waals surface area contributed by atoms with Gasteiger partial charge in [0.05, 0.1) is 23.3 Å². The van der Waals surface area contributed by atoms with Crippen molar-refractivity contribution in [1.29, 1.82) is 0 Å². The number of thiazole rings is 2. The van der Waals surface area contributed by atoms with Crippen LogP contribution in [0.5, 0.6) is 0 Å². The maximum absolute atomic E-state index is 10.5. The molecule has 12 N–H and O–H groups in total. The first-order chi connectivity index (χ1) is 13.5. The van der Waals surface area contributed by atoms with Crippen molar-refractivity contribution in [3.8, 4) is 21.1 Å². The molecule has 4 rings (SSSR count). The molecule has 0 radical (unpaired) electrons. The van der Waals surface area contributed by atoms with Crippen LogP contribution < -0.4 is 10.2 Å². The number of carbonyl (C=O) groups is 2.